The first kappa shape index (κ1) is 16.0. The van der Waals surface area contributed by atoms with E-state index in [9.17, 15) is 9.90 Å². The van der Waals surface area contributed by atoms with E-state index in [0.29, 0.717) is 11.5 Å². The van der Waals surface area contributed by atoms with E-state index in [-0.39, 0.29) is 17.3 Å². The van der Waals surface area contributed by atoms with Crippen LogP contribution in [0.5, 0.6) is 0 Å². The van der Waals surface area contributed by atoms with Crippen molar-refractivity contribution in [3.8, 4) is 0 Å². The van der Waals surface area contributed by atoms with E-state index in [0.717, 1.165) is 18.4 Å². The van der Waals surface area contributed by atoms with Crippen molar-refractivity contribution in [2.45, 2.75) is 46.1 Å². The summed E-state index contributed by atoms with van der Waals surface area (Å²) in [5, 5.41) is 11.3. The Balaban J connectivity index is 2.30. The summed E-state index contributed by atoms with van der Waals surface area (Å²) in [6.45, 7) is 8.59. The van der Waals surface area contributed by atoms with Crippen LogP contribution in [0.25, 0.3) is 0 Å². The summed E-state index contributed by atoms with van der Waals surface area (Å²) < 4.78 is 4.72. The molecule has 2 atom stereocenters. The number of aliphatic hydroxyl groups is 1. The standard InChI is InChI=1S/C18H26O3/c1-12(2)10-15-11-17(3,4)18(15,20)14-8-6-13(7-9-14)16(19)21-5/h6-9,12,15,20H,10-11H2,1-5H3/t15-,18-/m0/s1. The van der Waals surface area contributed by atoms with Gasteiger partial charge in [0.2, 0.25) is 0 Å². The van der Waals surface area contributed by atoms with Gasteiger partial charge >= 0.3 is 5.97 Å². The van der Waals surface area contributed by atoms with Crippen molar-refractivity contribution in [2.24, 2.45) is 17.3 Å². The first-order valence-corrected chi connectivity index (χ1v) is 7.63. The normalized spacial score (nSPS) is 27.3. The van der Waals surface area contributed by atoms with Gasteiger partial charge in [-0.05, 0) is 47.8 Å². The minimum Gasteiger partial charge on any atom is -0.465 e. The molecular formula is C18H26O3. The third-order valence-electron chi connectivity index (χ3n) is 4.88. The Labute approximate surface area is 127 Å². The van der Waals surface area contributed by atoms with Crippen LogP contribution in [-0.2, 0) is 10.3 Å². The molecule has 1 aromatic carbocycles. The smallest absolute Gasteiger partial charge is 0.337 e. The lowest BCUT2D eigenvalue weighted by atomic mass is 9.48. The van der Waals surface area contributed by atoms with Crippen LogP contribution in [0.1, 0.15) is 56.5 Å². The van der Waals surface area contributed by atoms with Crippen LogP contribution in [0.2, 0.25) is 0 Å². The number of ether oxygens (including phenoxy) is 1. The lowest BCUT2D eigenvalue weighted by Crippen LogP contribution is -2.59. The Morgan fingerprint density at radius 3 is 2.33 bits per heavy atom. The van der Waals surface area contributed by atoms with Crippen LogP contribution < -0.4 is 0 Å². The fourth-order valence-electron chi connectivity index (χ4n) is 3.77. The van der Waals surface area contributed by atoms with Gasteiger partial charge in [-0.25, -0.2) is 4.79 Å². The summed E-state index contributed by atoms with van der Waals surface area (Å²) in [7, 11) is 1.37. The van der Waals surface area contributed by atoms with Crippen LogP contribution in [-0.4, -0.2) is 18.2 Å². The van der Waals surface area contributed by atoms with Crippen molar-refractivity contribution in [1.29, 1.82) is 0 Å². The first-order chi connectivity index (χ1) is 9.72. The van der Waals surface area contributed by atoms with Crippen LogP contribution in [0, 0.1) is 17.3 Å². The lowest BCUT2D eigenvalue weighted by Gasteiger charge is -2.59. The average molecular weight is 290 g/mol. The van der Waals surface area contributed by atoms with Gasteiger partial charge in [0.15, 0.2) is 0 Å². The Kier molecular flexibility index (Phi) is 4.16. The zero-order chi connectivity index (χ0) is 15.8. The number of rotatable bonds is 4. The minimum absolute atomic E-state index is 0.140. The van der Waals surface area contributed by atoms with E-state index < -0.39 is 5.60 Å². The molecule has 0 heterocycles. The molecular weight excluding hydrogens is 264 g/mol. The number of methoxy groups -OCH3 is 1. The second-order valence-electron chi connectivity index (χ2n) is 7.25. The van der Waals surface area contributed by atoms with E-state index in [1.807, 2.05) is 12.1 Å². The summed E-state index contributed by atoms with van der Waals surface area (Å²) in [4.78, 5) is 11.5. The van der Waals surface area contributed by atoms with Crippen molar-refractivity contribution in [1.82, 2.24) is 0 Å². The van der Waals surface area contributed by atoms with E-state index in [1.165, 1.54) is 7.11 Å². The second kappa shape index (κ2) is 5.45. The van der Waals surface area contributed by atoms with Gasteiger partial charge in [0, 0.05) is 0 Å². The first-order valence-electron chi connectivity index (χ1n) is 7.63. The molecule has 2 rings (SSSR count). The summed E-state index contributed by atoms with van der Waals surface area (Å²) in [5.41, 5.74) is 0.463. The maximum Gasteiger partial charge on any atom is 0.337 e. The monoisotopic (exact) mass is 290 g/mol. The highest BCUT2D eigenvalue weighted by molar-refractivity contribution is 5.89. The zero-order valence-corrected chi connectivity index (χ0v) is 13.6. The third kappa shape index (κ3) is 2.59. The molecule has 1 fully saturated rings. The summed E-state index contributed by atoms with van der Waals surface area (Å²) in [6, 6.07) is 7.20. The van der Waals surface area contributed by atoms with Gasteiger partial charge in [-0.3, -0.25) is 0 Å². The Hall–Kier alpha value is -1.35. The van der Waals surface area contributed by atoms with Crippen molar-refractivity contribution >= 4 is 5.97 Å². The van der Waals surface area contributed by atoms with Gasteiger partial charge < -0.3 is 9.84 Å². The molecule has 1 aliphatic carbocycles. The van der Waals surface area contributed by atoms with Crippen molar-refractivity contribution in [3.05, 3.63) is 35.4 Å². The number of benzene rings is 1. The second-order valence-corrected chi connectivity index (χ2v) is 7.25. The predicted molar refractivity (Wildman–Crippen MR) is 83.0 cm³/mol. The maximum atomic E-state index is 11.5. The molecule has 1 aliphatic rings. The fourth-order valence-corrected chi connectivity index (χ4v) is 3.77. The highest BCUT2D eigenvalue weighted by Gasteiger charge is 2.59. The molecule has 0 aliphatic heterocycles. The number of carbonyl (C=O) groups is 1. The van der Waals surface area contributed by atoms with Gasteiger partial charge in [0.05, 0.1) is 18.3 Å². The molecule has 1 aromatic rings. The van der Waals surface area contributed by atoms with E-state index in [4.69, 9.17) is 4.74 Å². The van der Waals surface area contributed by atoms with Crippen molar-refractivity contribution < 1.29 is 14.6 Å². The minimum atomic E-state index is -0.814. The Morgan fingerprint density at radius 1 is 1.33 bits per heavy atom. The molecule has 3 heteroatoms. The summed E-state index contributed by atoms with van der Waals surface area (Å²) in [6.07, 6.45) is 2.04. The molecule has 116 valence electrons. The molecule has 1 saturated carbocycles. The number of carbonyl (C=O) groups excluding carboxylic acids is 1. The highest BCUT2D eigenvalue weighted by atomic mass is 16.5. The molecule has 1 N–H and O–H groups in total. The molecule has 21 heavy (non-hydrogen) atoms. The number of hydrogen-bond acceptors (Lipinski definition) is 3. The van der Waals surface area contributed by atoms with Crippen molar-refractivity contribution in [3.63, 3.8) is 0 Å². The van der Waals surface area contributed by atoms with Gasteiger partial charge in [-0.1, -0.05) is 39.8 Å². The molecule has 0 saturated heterocycles. The molecule has 0 bridgehead atoms. The molecule has 0 radical (unpaired) electrons. The summed E-state index contributed by atoms with van der Waals surface area (Å²) in [5.74, 6) is 0.489. The Bertz CT molecular complexity index is 514. The third-order valence-corrected chi connectivity index (χ3v) is 4.88. The highest BCUT2D eigenvalue weighted by Crippen LogP contribution is 2.61. The Morgan fingerprint density at radius 2 is 1.90 bits per heavy atom. The predicted octanol–water partition coefficient (Wildman–Crippen LogP) is 3.75. The van der Waals surface area contributed by atoms with Crippen molar-refractivity contribution in [2.75, 3.05) is 7.11 Å². The molecule has 0 spiro atoms. The van der Waals surface area contributed by atoms with E-state index in [2.05, 4.69) is 27.7 Å². The van der Waals surface area contributed by atoms with Gasteiger partial charge in [0.25, 0.3) is 0 Å². The molecule has 0 unspecified atom stereocenters. The molecule has 3 nitrogen and oxygen atoms in total. The summed E-state index contributed by atoms with van der Waals surface area (Å²) >= 11 is 0. The van der Waals surface area contributed by atoms with Crippen LogP contribution >= 0.6 is 0 Å². The van der Waals surface area contributed by atoms with Gasteiger partial charge in [0.1, 0.15) is 0 Å². The van der Waals surface area contributed by atoms with Crippen LogP contribution in [0.15, 0.2) is 24.3 Å². The number of hydrogen-bond donors (Lipinski definition) is 1. The topological polar surface area (TPSA) is 46.5 Å². The largest absolute Gasteiger partial charge is 0.465 e. The molecule has 0 aromatic heterocycles. The molecule has 0 amide bonds. The van der Waals surface area contributed by atoms with Crippen LogP contribution in [0.4, 0.5) is 0 Å². The van der Waals surface area contributed by atoms with E-state index >= 15 is 0 Å². The van der Waals surface area contributed by atoms with E-state index in [1.54, 1.807) is 12.1 Å². The van der Waals surface area contributed by atoms with Gasteiger partial charge in [-0.15, -0.1) is 0 Å². The average Bonchev–Trinajstić information content (AvgIpc) is 2.44. The lowest BCUT2D eigenvalue weighted by molar-refractivity contribution is -0.214. The zero-order valence-electron chi connectivity index (χ0n) is 13.6. The number of esters is 1. The fraction of sp³-hybridized carbons (Fsp3) is 0.611. The van der Waals surface area contributed by atoms with Crippen LogP contribution in [0.3, 0.4) is 0 Å². The maximum absolute atomic E-state index is 11.5. The quantitative estimate of drug-likeness (QED) is 0.859. The van der Waals surface area contributed by atoms with Gasteiger partial charge in [-0.2, -0.15) is 0 Å². The SMILES string of the molecule is COC(=O)c1ccc([C@]2(O)[C@@H](CC(C)C)CC2(C)C)cc1.